The van der Waals surface area contributed by atoms with E-state index in [1.54, 1.807) is 7.11 Å². The number of carbonyl (C=O) groups is 1. The van der Waals surface area contributed by atoms with Crippen molar-refractivity contribution in [1.29, 1.82) is 0 Å². The normalized spacial score (nSPS) is 19.6. The van der Waals surface area contributed by atoms with Gasteiger partial charge in [-0.3, -0.25) is 9.69 Å². The highest BCUT2D eigenvalue weighted by atomic mass is 16.5. The standard InChI is InChI=1S/C15H23N3O2/c1-11-4-5-14(20-3)13(8-11)17-15(19)10-18-7-6-16-12(2)9-18/h4-5,8,12,16H,6-7,9-10H2,1-3H3,(H,17,19)/t12-/m0/s1. The first-order valence-corrected chi connectivity index (χ1v) is 6.98. The summed E-state index contributed by atoms with van der Waals surface area (Å²) < 4.78 is 5.27. The molecule has 1 aliphatic heterocycles. The van der Waals surface area contributed by atoms with Gasteiger partial charge < -0.3 is 15.4 Å². The largest absolute Gasteiger partial charge is 0.495 e. The molecule has 0 bridgehead atoms. The zero-order valence-corrected chi connectivity index (χ0v) is 12.4. The molecule has 1 aromatic rings. The zero-order valence-electron chi connectivity index (χ0n) is 12.4. The number of hydrogen-bond acceptors (Lipinski definition) is 4. The van der Waals surface area contributed by atoms with Crippen molar-refractivity contribution < 1.29 is 9.53 Å². The summed E-state index contributed by atoms with van der Waals surface area (Å²) >= 11 is 0. The molecule has 2 rings (SSSR count). The van der Waals surface area contributed by atoms with Crippen molar-refractivity contribution in [1.82, 2.24) is 10.2 Å². The third kappa shape index (κ3) is 3.95. The minimum absolute atomic E-state index is 0.00278. The molecule has 1 saturated heterocycles. The van der Waals surface area contributed by atoms with E-state index in [1.807, 2.05) is 25.1 Å². The summed E-state index contributed by atoms with van der Waals surface area (Å²) in [6, 6.07) is 6.20. The number of hydrogen-bond donors (Lipinski definition) is 2. The molecule has 1 aliphatic rings. The Labute approximate surface area is 120 Å². The first-order valence-electron chi connectivity index (χ1n) is 6.98. The van der Waals surface area contributed by atoms with Gasteiger partial charge in [0.05, 0.1) is 19.3 Å². The van der Waals surface area contributed by atoms with Gasteiger partial charge in [0.15, 0.2) is 0 Å². The molecule has 20 heavy (non-hydrogen) atoms. The number of amides is 1. The molecule has 0 aromatic heterocycles. The van der Waals surface area contributed by atoms with Crippen LogP contribution < -0.4 is 15.4 Å². The molecule has 5 nitrogen and oxygen atoms in total. The molecule has 1 amide bonds. The fourth-order valence-corrected chi connectivity index (χ4v) is 2.47. The molecule has 5 heteroatoms. The van der Waals surface area contributed by atoms with Gasteiger partial charge in [-0.2, -0.15) is 0 Å². The number of nitrogens with one attached hydrogen (secondary N) is 2. The van der Waals surface area contributed by atoms with Gasteiger partial charge in [0.1, 0.15) is 5.75 Å². The smallest absolute Gasteiger partial charge is 0.238 e. The van der Waals surface area contributed by atoms with Crippen LogP contribution in [0, 0.1) is 6.92 Å². The molecule has 0 spiro atoms. The highest BCUT2D eigenvalue weighted by Gasteiger charge is 2.18. The maximum Gasteiger partial charge on any atom is 0.238 e. The molecule has 0 aliphatic carbocycles. The van der Waals surface area contributed by atoms with Crippen molar-refractivity contribution in [3.63, 3.8) is 0 Å². The van der Waals surface area contributed by atoms with Crippen molar-refractivity contribution in [3.05, 3.63) is 23.8 Å². The number of carbonyl (C=O) groups excluding carboxylic acids is 1. The second-order valence-electron chi connectivity index (χ2n) is 5.34. The Morgan fingerprint density at radius 3 is 3.05 bits per heavy atom. The average molecular weight is 277 g/mol. The van der Waals surface area contributed by atoms with E-state index < -0.39 is 0 Å². The second kappa shape index (κ2) is 6.72. The van der Waals surface area contributed by atoms with Gasteiger partial charge in [-0.25, -0.2) is 0 Å². The predicted octanol–water partition coefficient (Wildman–Crippen LogP) is 1.24. The molecule has 1 atom stereocenters. The van der Waals surface area contributed by atoms with Crippen LogP contribution in [0.1, 0.15) is 12.5 Å². The van der Waals surface area contributed by atoms with Crippen LogP contribution in [0.5, 0.6) is 5.75 Å². The van der Waals surface area contributed by atoms with Crippen molar-refractivity contribution in [3.8, 4) is 5.75 Å². The predicted molar refractivity (Wildman–Crippen MR) is 80.3 cm³/mol. The Bertz CT molecular complexity index is 476. The van der Waals surface area contributed by atoms with Crippen molar-refractivity contribution in [2.24, 2.45) is 0 Å². The maximum absolute atomic E-state index is 12.1. The Morgan fingerprint density at radius 2 is 2.35 bits per heavy atom. The summed E-state index contributed by atoms with van der Waals surface area (Å²) in [6.07, 6.45) is 0. The van der Waals surface area contributed by atoms with E-state index >= 15 is 0 Å². The first kappa shape index (κ1) is 14.8. The van der Waals surface area contributed by atoms with Gasteiger partial charge in [0.25, 0.3) is 0 Å². The molecular weight excluding hydrogens is 254 g/mol. The summed E-state index contributed by atoms with van der Waals surface area (Å²) in [5.41, 5.74) is 1.83. The minimum atomic E-state index is 0.00278. The van der Waals surface area contributed by atoms with Gasteiger partial charge in [-0.05, 0) is 31.5 Å². The van der Waals surface area contributed by atoms with Gasteiger partial charge in [-0.15, -0.1) is 0 Å². The Hall–Kier alpha value is -1.59. The number of benzene rings is 1. The summed E-state index contributed by atoms with van der Waals surface area (Å²) in [5, 5.41) is 6.31. The summed E-state index contributed by atoms with van der Waals surface area (Å²) in [6.45, 7) is 7.28. The Balaban J connectivity index is 1.95. The lowest BCUT2D eigenvalue weighted by molar-refractivity contribution is -0.117. The lowest BCUT2D eigenvalue weighted by Crippen LogP contribution is -2.51. The first-order chi connectivity index (χ1) is 9.58. The number of aryl methyl sites for hydroxylation is 1. The van der Waals surface area contributed by atoms with Crippen LogP contribution in [-0.2, 0) is 4.79 Å². The Morgan fingerprint density at radius 1 is 1.55 bits per heavy atom. The number of anilines is 1. The molecule has 1 aromatic carbocycles. The Kier molecular flexibility index (Phi) is 4.98. The topological polar surface area (TPSA) is 53.6 Å². The van der Waals surface area contributed by atoms with Crippen LogP contribution in [0.15, 0.2) is 18.2 Å². The van der Waals surface area contributed by atoms with Crippen LogP contribution >= 0.6 is 0 Å². The van der Waals surface area contributed by atoms with Crippen molar-refractivity contribution >= 4 is 11.6 Å². The number of methoxy groups -OCH3 is 1. The van der Waals surface area contributed by atoms with Crippen LogP contribution in [-0.4, -0.2) is 50.1 Å². The van der Waals surface area contributed by atoms with Crippen LogP contribution in [0.4, 0.5) is 5.69 Å². The van der Waals surface area contributed by atoms with Crippen molar-refractivity contribution in [2.75, 3.05) is 38.6 Å². The summed E-state index contributed by atoms with van der Waals surface area (Å²) in [7, 11) is 1.61. The van der Waals surface area contributed by atoms with Crippen LogP contribution in [0.3, 0.4) is 0 Å². The third-order valence-corrected chi connectivity index (χ3v) is 3.45. The quantitative estimate of drug-likeness (QED) is 0.869. The molecule has 0 unspecified atom stereocenters. The van der Waals surface area contributed by atoms with E-state index in [0.717, 1.165) is 30.9 Å². The minimum Gasteiger partial charge on any atom is -0.495 e. The van der Waals surface area contributed by atoms with Gasteiger partial charge in [-0.1, -0.05) is 6.07 Å². The molecule has 1 heterocycles. The monoisotopic (exact) mass is 277 g/mol. The average Bonchev–Trinajstić information content (AvgIpc) is 2.38. The third-order valence-electron chi connectivity index (χ3n) is 3.45. The summed E-state index contributed by atoms with van der Waals surface area (Å²) in [5.74, 6) is 0.695. The molecular formula is C15H23N3O2. The SMILES string of the molecule is COc1ccc(C)cc1NC(=O)CN1CCN[C@@H](C)C1. The lowest BCUT2D eigenvalue weighted by Gasteiger charge is -2.31. The zero-order chi connectivity index (χ0) is 14.5. The lowest BCUT2D eigenvalue weighted by atomic mass is 10.2. The van der Waals surface area contributed by atoms with E-state index in [0.29, 0.717) is 18.3 Å². The fourth-order valence-electron chi connectivity index (χ4n) is 2.47. The molecule has 0 radical (unpaired) electrons. The fraction of sp³-hybridized carbons (Fsp3) is 0.533. The molecule has 2 N–H and O–H groups in total. The number of rotatable bonds is 4. The van der Waals surface area contributed by atoms with E-state index in [-0.39, 0.29) is 5.91 Å². The number of ether oxygens (including phenoxy) is 1. The van der Waals surface area contributed by atoms with Gasteiger partial charge in [0, 0.05) is 25.7 Å². The molecule has 0 saturated carbocycles. The van der Waals surface area contributed by atoms with Gasteiger partial charge in [0.2, 0.25) is 5.91 Å². The van der Waals surface area contributed by atoms with Crippen molar-refractivity contribution in [2.45, 2.75) is 19.9 Å². The highest BCUT2D eigenvalue weighted by molar-refractivity contribution is 5.93. The molecule has 1 fully saturated rings. The van der Waals surface area contributed by atoms with Crippen LogP contribution in [0.2, 0.25) is 0 Å². The number of nitrogens with zero attached hydrogens (tertiary/aromatic N) is 1. The van der Waals surface area contributed by atoms with E-state index in [1.165, 1.54) is 0 Å². The van der Waals surface area contributed by atoms with E-state index in [9.17, 15) is 4.79 Å². The highest BCUT2D eigenvalue weighted by Crippen LogP contribution is 2.25. The summed E-state index contributed by atoms with van der Waals surface area (Å²) in [4.78, 5) is 14.3. The van der Waals surface area contributed by atoms with Crippen LogP contribution in [0.25, 0.3) is 0 Å². The maximum atomic E-state index is 12.1. The van der Waals surface area contributed by atoms with E-state index in [4.69, 9.17) is 4.74 Å². The van der Waals surface area contributed by atoms with E-state index in [2.05, 4.69) is 22.5 Å². The molecule has 110 valence electrons. The van der Waals surface area contributed by atoms with Gasteiger partial charge >= 0.3 is 0 Å². The second-order valence-corrected chi connectivity index (χ2v) is 5.34. The number of piperazine rings is 1.